The van der Waals surface area contributed by atoms with Crippen molar-refractivity contribution in [3.63, 3.8) is 0 Å². The number of hydrogen-bond donors (Lipinski definition) is 0. The summed E-state index contributed by atoms with van der Waals surface area (Å²) in [7, 11) is 0. The lowest BCUT2D eigenvalue weighted by molar-refractivity contribution is 0.0832. The van der Waals surface area contributed by atoms with Gasteiger partial charge in [0.25, 0.3) is 5.91 Å². The van der Waals surface area contributed by atoms with Crippen molar-refractivity contribution >= 4 is 44.6 Å². The van der Waals surface area contributed by atoms with Crippen LogP contribution in [0.25, 0.3) is 11.0 Å². The fraction of sp³-hybridized carbons (Fsp3) is 0.0909. The molecule has 0 saturated carbocycles. The number of nitrogens with zero attached hydrogens (tertiary/aromatic N) is 2. The van der Waals surface area contributed by atoms with E-state index < -0.39 is 0 Å². The van der Waals surface area contributed by atoms with Gasteiger partial charge in [-0.1, -0.05) is 52.0 Å². The highest BCUT2D eigenvalue weighted by Gasteiger charge is 2.18. The SMILES string of the molecule is O=C(COc1ccc(Br)cc1)n1c(SCc2ccc(F)cc2)nc2ccccc21. The minimum Gasteiger partial charge on any atom is -0.484 e. The number of thioether (sulfide) groups is 1. The topological polar surface area (TPSA) is 44.1 Å². The van der Waals surface area contributed by atoms with Crippen LogP contribution < -0.4 is 4.74 Å². The highest BCUT2D eigenvalue weighted by molar-refractivity contribution is 9.10. The zero-order valence-electron chi connectivity index (χ0n) is 15.2. The van der Waals surface area contributed by atoms with E-state index in [1.54, 1.807) is 28.8 Å². The predicted octanol–water partition coefficient (Wildman–Crippen LogP) is 5.95. The van der Waals surface area contributed by atoms with Crippen LogP contribution in [0.15, 0.2) is 82.4 Å². The molecule has 0 atom stereocenters. The van der Waals surface area contributed by atoms with Gasteiger partial charge in [-0.3, -0.25) is 9.36 Å². The van der Waals surface area contributed by atoms with Crippen LogP contribution in [0, 0.1) is 5.82 Å². The van der Waals surface area contributed by atoms with Crippen molar-refractivity contribution in [2.75, 3.05) is 6.61 Å². The van der Waals surface area contributed by atoms with E-state index in [9.17, 15) is 9.18 Å². The van der Waals surface area contributed by atoms with Crippen LogP contribution in [-0.4, -0.2) is 22.1 Å². The molecule has 7 heteroatoms. The first-order chi connectivity index (χ1) is 14.1. The lowest BCUT2D eigenvalue weighted by atomic mass is 10.2. The van der Waals surface area contributed by atoms with Gasteiger partial charge in [0, 0.05) is 10.2 Å². The first-order valence-electron chi connectivity index (χ1n) is 8.86. The molecule has 0 saturated heterocycles. The number of benzene rings is 3. The molecule has 0 unspecified atom stereocenters. The summed E-state index contributed by atoms with van der Waals surface area (Å²) in [6.07, 6.45) is 0. The number of hydrogen-bond acceptors (Lipinski definition) is 4. The van der Waals surface area contributed by atoms with Gasteiger partial charge in [0.05, 0.1) is 11.0 Å². The van der Waals surface area contributed by atoms with Crippen LogP contribution in [0.2, 0.25) is 0 Å². The minimum atomic E-state index is -0.272. The van der Waals surface area contributed by atoms with Gasteiger partial charge in [0.15, 0.2) is 11.8 Å². The molecule has 0 aliphatic rings. The van der Waals surface area contributed by atoms with E-state index in [0.717, 1.165) is 21.1 Å². The third kappa shape index (κ3) is 4.68. The van der Waals surface area contributed by atoms with E-state index >= 15 is 0 Å². The number of imidazole rings is 1. The molecular formula is C22H16BrFN2O2S. The molecule has 29 heavy (non-hydrogen) atoms. The summed E-state index contributed by atoms with van der Waals surface area (Å²) >= 11 is 4.81. The smallest absolute Gasteiger partial charge is 0.271 e. The van der Waals surface area contributed by atoms with E-state index in [0.29, 0.717) is 16.7 Å². The van der Waals surface area contributed by atoms with Crippen molar-refractivity contribution in [1.29, 1.82) is 0 Å². The van der Waals surface area contributed by atoms with E-state index in [1.807, 2.05) is 36.4 Å². The summed E-state index contributed by atoms with van der Waals surface area (Å²) in [6.45, 7) is -0.105. The highest BCUT2D eigenvalue weighted by Crippen LogP contribution is 2.27. The minimum absolute atomic E-state index is 0.105. The molecule has 0 bridgehead atoms. The Morgan fingerprint density at radius 3 is 2.52 bits per heavy atom. The summed E-state index contributed by atoms with van der Waals surface area (Å²) in [6, 6.07) is 21.1. The first-order valence-corrected chi connectivity index (χ1v) is 10.6. The van der Waals surface area contributed by atoms with Crippen molar-refractivity contribution in [2.24, 2.45) is 0 Å². The van der Waals surface area contributed by atoms with Crippen molar-refractivity contribution in [3.05, 3.63) is 88.6 Å². The average Bonchev–Trinajstić information content (AvgIpc) is 3.11. The third-order valence-corrected chi connectivity index (χ3v) is 5.77. The Balaban J connectivity index is 1.56. The maximum absolute atomic E-state index is 13.1. The Bertz CT molecular complexity index is 1140. The average molecular weight is 471 g/mol. The maximum atomic E-state index is 13.1. The maximum Gasteiger partial charge on any atom is 0.271 e. The molecule has 0 N–H and O–H groups in total. The summed E-state index contributed by atoms with van der Waals surface area (Å²) in [5.74, 6) is 0.714. The molecule has 146 valence electrons. The van der Waals surface area contributed by atoms with Crippen LogP contribution in [0.1, 0.15) is 10.4 Å². The molecule has 0 radical (unpaired) electrons. The number of para-hydroxylation sites is 2. The van der Waals surface area contributed by atoms with Crippen molar-refractivity contribution in [1.82, 2.24) is 9.55 Å². The van der Waals surface area contributed by atoms with Crippen LogP contribution in [-0.2, 0) is 5.75 Å². The molecule has 1 aromatic heterocycles. The number of ether oxygens (including phenoxy) is 1. The molecule has 0 aliphatic carbocycles. The number of halogens is 2. The quantitative estimate of drug-likeness (QED) is 0.326. The monoisotopic (exact) mass is 470 g/mol. The Hall–Kier alpha value is -2.64. The Morgan fingerprint density at radius 2 is 1.76 bits per heavy atom. The van der Waals surface area contributed by atoms with Gasteiger partial charge >= 0.3 is 0 Å². The van der Waals surface area contributed by atoms with Gasteiger partial charge < -0.3 is 4.74 Å². The van der Waals surface area contributed by atoms with Crippen molar-refractivity contribution in [3.8, 4) is 5.75 Å². The van der Waals surface area contributed by atoms with E-state index in [-0.39, 0.29) is 18.3 Å². The molecule has 0 amide bonds. The van der Waals surface area contributed by atoms with Gasteiger partial charge in [-0.2, -0.15) is 0 Å². The van der Waals surface area contributed by atoms with Crippen molar-refractivity contribution < 1.29 is 13.9 Å². The standard InChI is InChI=1S/C22H16BrFN2O2S/c23-16-7-11-18(12-8-16)28-13-21(27)26-20-4-2-1-3-19(20)25-22(26)29-14-15-5-9-17(24)10-6-15/h1-12H,13-14H2. The Morgan fingerprint density at radius 1 is 1.03 bits per heavy atom. The summed E-state index contributed by atoms with van der Waals surface area (Å²) < 4.78 is 21.3. The zero-order chi connectivity index (χ0) is 20.2. The third-order valence-electron chi connectivity index (χ3n) is 4.24. The van der Waals surface area contributed by atoms with Gasteiger partial charge in [-0.15, -0.1) is 0 Å². The van der Waals surface area contributed by atoms with Crippen molar-refractivity contribution in [2.45, 2.75) is 10.9 Å². The fourth-order valence-electron chi connectivity index (χ4n) is 2.81. The van der Waals surface area contributed by atoms with Crippen LogP contribution in [0.4, 0.5) is 4.39 Å². The predicted molar refractivity (Wildman–Crippen MR) is 116 cm³/mol. The molecule has 1 heterocycles. The highest BCUT2D eigenvalue weighted by atomic mass is 79.9. The van der Waals surface area contributed by atoms with Crippen LogP contribution in [0.3, 0.4) is 0 Å². The number of rotatable bonds is 6. The summed E-state index contributed by atoms with van der Waals surface area (Å²) in [4.78, 5) is 17.6. The normalized spacial score (nSPS) is 11.0. The lowest BCUT2D eigenvalue weighted by Gasteiger charge is -2.09. The summed E-state index contributed by atoms with van der Waals surface area (Å²) in [5.41, 5.74) is 2.43. The molecule has 0 fully saturated rings. The molecule has 0 spiro atoms. The van der Waals surface area contributed by atoms with Crippen LogP contribution >= 0.6 is 27.7 Å². The summed E-state index contributed by atoms with van der Waals surface area (Å²) in [5, 5.41) is 0.583. The molecule has 4 aromatic rings. The van der Waals surface area contributed by atoms with E-state index in [1.165, 1.54) is 23.9 Å². The zero-order valence-corrected chi connectivity index (χ0v) is 17.6. The van der Waals surface area contributed by atoms with Crippen LogP contribution in [0.5, 0.6) is 5.75 Å². The fourth-order valence-corrected chi connectivity index (χ4v) is 4.06. The first kappa shape index (κ1) is 19.7. The Kier molecular flexibility index (Phi) is 5.97. The number of aromatic nitrogens is 2. The molecular weight excluding hydrogens is 455 g/mol. The van der Waals surface area contributed by atoms with E-state index in [4.69, 9.17) is 4.74 Å². The van der Waals surface area contributed by atoms with Gasteiger partial charge in [-0.25, -0.2) is 9.37 Å². The van der Waals surface area contributed by atoms with E-state index in [2.05, 4.69) is 20.9 Å². The van der Waals surface area contributed by atoms with Gasteiger partial charge in [-0.05, 0) is 54.1 Å². The second kappa shape index (κ2) is 8.80. The molecule has 4 rings (SSSR count). The second-order valence-electron chi connectivity index (χ2n) is 6.27. The van der Waals surface area contributed by atoms with Gasteiger partial charge in [0.2, 0.25) is 0 Å². The molecule has 0 aliphatic heterocycles. The number of carbonyl (C=O) groups excluding carboxylic acids is 1. The number of carbonyl (C=O) groups is 1. The lowest BCUT2D eigenvalue weighted by Crippen LogP contribution is -2.20. The second-order valence-corrected chi connectivity index (χ2v) is 8.13. The largest absolute Gasteiger partial charge is 0.484 e. The molecule has 3 aromatic carbocycles. The molecule has 4 nitrogen and oxygen atoms in total. The number of fused-ring (bicyclic) bond motifs is 1. The Labute approximate surface area is 179 Å². The van der Waals surface area contributed by atoms with Gasteiger partial charge in [0.1, 0.15) is 11.6 Å².